The van der Waals surface area contributed by atoms with E-state index in [2.05, 4.69) is 27.7 Å². The number of esters is 1. The summed E-state index contributed by atoms with van der Waals surface area (Å²) in [5.41, 5.74) is -0.875. The fraction of sp³-hybridized carbons (Fsp3) is 0.957. The van der Waals surface area contributed by atoms with Crippen LogP contribution in [0.3, 0.4) is 0 Å². The van der Waals surface area contributed by atoms with Gasteiger partial charge in [-0.25, -0.2) is 0 Å². The normalized spacial score (nSPS) is 52.5. The van der Waals surface area contributed by atoms with E-state index in [-0.39, 0.29) is 22.6 Å². The molecule has 3 heteroatoms. The van der Waals surface area contributed by atoms with Gasteiger partial charge in [-0.3, -0.25) is 4.79 Å². The molecule has 7 aliphatic carbocycles. The molecule has 7 rings (SSSR count). The summed E-state index contributed by atoms with van der Waals surface area (Å²) in [6.45, 7) is 8.63. The molecule has 7 fully saturated rings. The van der Waals surface area contributed by atoms with E-state index in [0.717, 1.165) is 51.4 Å². The number of aliphatic hydroxyl groups is 1. The number of carbonyl (C=O) groups excluding carboxylic acids is 1. The Morgan fingerprint density at radius 2 is 1.42 bits per heavy atom. The Hall–Kier alpha value is -0.570. The number of hydrogen-bond donors (Lipinski definition) is 1. The molecule has 0 radical (unpaired) electrons. The monoisotopic (exact) mass is 360 g/mol. The highest BCUT2D eigenvalue weighted by atomic mass is 16.6. The lowest BCUT2D eigenvalue weighted by Gasteiger charge is -2.73. The smallest absolute Gasteiger partial charge is 0.312 e. The molecule has 1 unspecified atom stereocenters. The van der Waals surface area contributed by atoms with Gasteiger partial charge in [0.15, 0.2) is 0 Å². The molecule has 0 aromatic heterocycles. The van der Waals surface area contributed by atoms with Crippen molar-refractivity contribution < 1.29 is 14.6 Å². The molecule has 0 spiro atoms. The minimum Gasteiger partial charge on any atom is -0.459 e. The predicted molar refractivity (Wildman–Crippen MR) is 100 cm³/mol. The summed E-state index contributed by atoms with van der Waals surface area (Å²) in [5, 5.41) is 10.9. The van der Waals surface area contributed by atoms with Crippen molar-refractivity contribution in [3.8, 4) is 0 Å². The molecule has 8 bridgehead atoms. The summed E-state index contributed by atoms with van der Waals surface area (Å²) in [5.74, 6) is 4.79. The Bertz CT molecular complexity index is 560. The third-order valence-corrected chi connectivity index (χ3v) is 9.41. The van der Waals surface area contributed by atoms with Crippen LogP contribution < -0.4 is 0 Å². The second-order valence-corrected chi connectivity index (χ2v) is 11.5. The van der Waals surface area contributed by atoms with E-state index in [1.54, 1.807) is 0 Å². The largest absolute Gasteiger partial charge is 0.459 e. The number of hydrogen-bond acceptors (Lipinski definition) is 3. The van der Waals surface area contributed by atoms with Gasteiger partial charge in [-0.1, -0.05) is 20.8 Å². The highest BCUT2D eigenvalue weighted by Gasteiger charge is 2.71. The lowest BCUT2D eigenvalue weighted by molar-refractivity contribution is -0.295. The van der Waals surface area contributed by atoms with Crippen LogP contribution in [-0.2, 0) is 9.53 Å². The van der Waals surface area contributed by atoms with Gasteiger partial charge in [0.05, 0.1) is 11.0 Å². The third-order valence-electron chi connectivity index (χ3n) is 9.41. The maximum atomic E-state index is 13.2. The number of carbonyl (C=O) groups is 1. The van der Waals surface area contributed by atoms with Gasteiger partial charge in [0.1, 0.15) is 5.60 Å². The van der Waals surface area contributed by atoms with Crippen molar-refractivity contribution in [2.24, 2.45) is 46.8 Å². The first-order valence-electron chi connectivity index (χ1n) is 11.1. The molecular formula is C23H36O3. The van der Waals surface area contributed by atoms with Crippen LogP contribution in [0.4, 0.5) is 0 Å². The van der Waals surface area contributed by atoms with E-state index < -0.39 is 0 Å². The Balaban J connectivity index is 1.39. The molecule has 146 valence electrons. The first-order chi connectivity index (χ1) is 12.2. The van der Waals surface area contributed by atoms with Gasteiger partial charge < -0.3 is 9.84 Å². The first kappa shape index (κ1) is 17.5. The fourth-order valence-electron chi connectivity index (χ4n) is 8.54. The van der Waals surface area contributed by atoms with Gasteiger partial charge in [-0.15, -0.1) is 0 Å². The average molecular weight is 361 g/mol. The standard InChI is InChI=1S/C23H36O3/c1-5-21(4,6-13(2)3)20(24)26-23-10-17-14-7-22(25)8-15(17)19(12-23)16(9-22)18(14)11-23/h13-19,25H,5-12H2,1-4H3. The zero-order chi connectivity index (χ0) is 18.5. The van der Waals surface area contributed by atoms with Crippen molar-refractivity contribution in [3.05, 3.63) is 0 Å². The van der Waals surface area contributed by atoms with Crippen molar-refractivity contribution in [2.45, 2.75) is 90.3 Å². The van der Waals surface area contributed by atoms with Gasteiger partial charge in [-0.05, 0) is 99.7 Å². The van der Waals surface area contributed by atoms with Gasteiger partial charge in [0, 0.05) is 0 Å². The Morgan fingerprint density at radius 3 is 1.81 bits per heavy atom. The van der Waals surface area contributed by atoms with E-state index in [1.807, 2.05) is 0 Å². The van der Waals surface area contributed by atoms with Crippen LogP contribution in [0.2, 0.25) is 0 Å². The fourth-order valence-corrected chi connectivity index (χ4v) is 8.54. The Labute approximate surface area is 158 Å². The third kappa shape index (κ3) is 2.25. The van der Waals surface area contributed by atoms with Crippen LogP contribution in [0.25, 0.3) is 0 Å². The number of rotatable bonds is 5. The van der Waals surface area contributed by atoms with Crippen LogP contribution in [0.1, 0.15) is 79.1 Å². The van der Waals surface area contributed by atoms with E-state index in [9.17, 15) is 9.90 Å². The summed E-state index contributed by atoms with van der Waals surface area (Å²) >= 11 is 0. The molecule has 0 aromatic rings. The lowest BCUT2D eigenvalue weighted by Crippen LogP contribution is -2.71. The van der Waals surface area contributed by atoms with Crippen LogP contribution in [0, 0.1) is 46.8 Å². The summed E-state index contributed by atoms with van der Waals surface area (Å²) in [7, 11) is 0. The molecule has 0 saturated heterocycles. The van der Waals surface area contributed by atoms with E-state index in [1.165, 1.54) is 0 Å². The lowest BCUT2D eigenvalue weighted by atomic mass is 9.34. The zero-order valence-electron chi connectivity index (χ0n) is 17.0. The summed E-state index contributed by atoms with van der Waals surface area (Å²) in [6.07, 6.45) is 8.05. The summed E-state index contributed by atoms with van der Waals surface area (Å²) < 4.78 is 6.46. The molecule has 1 N–H and O–H groups in total. The number of ether oxygens (including phenoxy) is 1. The van der Waals surface area contributed by atoms with Gasteiger partial charge in [0.2, 0.25) is 0 Å². The van der Waals surface area contributed by atoms with E-state index >= 15 is 0 Å². The molecule has 7 saturated carbocycles. The zero-order valence-corrected chi connectivity index (χ0v) is 17.0. The van der Waals surface area contributed by atoms with Crippen LogP contribution in [-0.4, -0.2) is 22.3 Å². The highest BCUT2D eigenvalue weighted by molar-refractivity contribution is 5.77. The molecule has 0 aliphatic heterocycles. The average Bonchev–Trinajstić information content (AvgIpc) is 2.57. The van der Waals surface area contributed by atoms with Crippen molar-refractivity contribution in [3.63, 3.8) is 0 Å². The molecule has 0 heterocycles. The maximum Gasteiger partial charge on any atom is 0.312 e. The predicted octanol–water partition coefficient (Wildman–Crippen LogP) is 4.57. The van der Waals surface area contributed by atoms with Gasteiger partial charge in [-0.2, -0.15) is 0 Å². The molecule has 3 nitrogen and oxygen atoms in total. The van der Waals surface area contributed by atoms with Crippen molar-refractivity contribution in [2.75, 3.05) is 0 Å². The van der Waals surface area contributed by atoms with Gasteiger partial charge in [0.25, 0.3) is 0 Å². The molecular weight excluding hydrogens is 324 g/mol. The molecule has 1 atom stereocenters. The SMILES string of the molecule is CCC(C)(CC(C)C)C(=O)OC12CC3C4CC5(O)CC3C(C1)C(C5)C4C2. The van der Waals surface area contributed by atoms with Crippen LogP contribution >= 0.6 is 0 Å². The molecule has 0 amide bonds. The first-order valence-corrected chi connectivity index (χ1v) is 11.1. The second kappa shape index (κ2) is 5.27. The van der Waals surface area contributed by atoms with Crippen molar-refractivity contribution in [1.29, 1.82) is 0 Å². The van der Waals surface area contributed by atoms with E-state index in [0.29, 0.717) is 41.4 Å². The minimum absolute atomic E-state index is 0.0610. The topological polar surface area (TPSA) is 46.5 Å². The second-order valence-electron chi connectivity index (χ2n) is 11.5. The van der Waals surface area contributed by atoms with Crippen molar-refractivity contribution >= 4 is 5.97 Å². The summed E-state index contributed by atoms with van der Waals surface area (Å²) in [6, 6.07) is 0. The van der Waals surface area contributed by atoms with Crippen LogP contribution in [0.15, 0.2) is 0 Å². The Kier molecular flexibility index (Phi) is 3.55. The minimum atomic E-state index is -0.352. The Morgan fingerprint density at radius 1 is 1.00 bits per heavy atom. The van der Waals surface area contributed by atoms with E-state index in [4.69, 9.17) is 4.74 Å². The highest BCUT2D eigenvalue weighted by Crippen LogP contribution is 2.73. The maximum absolute atomic E-state index is 13.2. The quantitative estimate of drug-likeness (QED) is 0.731. The molecule has 26 heavy (non-hydrogen) atoms. The molecule has 0 aromatic carbocycles. The van der Waals surface area contributed by atoms with Crippen molar-refractivity contribution in [1.82, 2.24) is 0 Å². The van der Waals surface area contributed by atoms with Gasteiger partial charge >= 0.3 is 5.97 Å². The van der Waals surface area contributed by atoms with Crippen LogP contribution in [0.5, 0.6) is 0 Å². The molecule has 7 aliphatic rings. The summed E-state index contributed by atoms with van der Waals surface area (Å²) in [4.78, 5) is 13.2.